The largest absolute Gasteiger partial charge is 0.360 e. The number of hydrogen-bond acceptors (Lipinski definition) is 6. The Morgan fingerprint density at radius 3 is 2.65 bits per heavy atom. The maximum atomic E-state index is 5.89. The first kappa shape index (κ1) is 16.0. The highest BCUT2D eigenvalue weighted by atomic mass is 35.5. The summed E-state index contributed by atoms with van der Waals surface area (Å²) in [7, 11) is 0. The third kappa shape index (κ3) is 3.73. The van der Waals surface area contributed by atoms with E-state index in [9.17, 15) is 0 Å². The molecule has 3 rings (SSSR count). The lowest BCUT2D eigenvalue weighted by Gasteiger charge is -2.19. The number of nitrogens with zero attached hydrogens (tertiary/aromatic N) is 5. The van der Waals surface area contributed by atoms with Crippen molar-refractivity contribution in [2.75, 3.05) is 0 Å². The van der Waals surface area contributed by atoms with Gasteiger partial charge < -0.3 is 4.52 Å². The van der Waals surface area contributed by atoms with E-state index in [4.69, 9.17) is 16.1 Å². The second-order valence-electron chi connectivity index (χ2n) is 6.02. The number of hydrogen-bond donors (Lipinski definition) is 0. The van der Waals surface area contributed by atoms with Crippen LogP contribution in [0.3, 0.4) is 0 Å². The van der Waals surface area contributed by atoms with Crippen LogP contribution in [-0.2, 0) is 11.3 Å². The van der Waals surface area contributed by atoms with E-state index >= 15 is 0 Å². The minimum absolute atomic E-state index is 0.165. The van der Waals surface area contributed by atoms with Crippen LogP contribution in [0.15, 0.2) is 40.0 Å². The normalized spacial score (nSPS) is 11.8. The van der Waals surface area contributed by atoms with E-state index in [0.717, 1.165) is 22.2 Å². The van der Waals surface area contributed by atoms with Gasteiger partial charge in [0.05, 0.1) is 11.3 Å². The lowest BCUT2D eigenvalue weighted by atomic mass is 10.1. The molecule has 0 aliphatic rings. The molecule has 3 aromatic rings. The van der Waals surface area contributed by atoms with Gasteiger partial charge in [-0.1, -0.05) is 40.7 Å². The summed E-state index contributed by atoms with van der Waals surface area (Å²) in [5.74, 6) is 1.38. The van der Waals surface area contributed by atoms with Crippen molar-refractivity contribution in [3.8, 4) is 11.3 Å². The number of aromatic nitrogens is 5. The molecule has 6 nitrogen and oxygen atoms in total. The van der Waals surface area contributed by atoms with E-state index in [1.807, 2.05) is 30.3 Å². The second-order valence-corrected chi connectivity index (χ2v) is 7.40. The first-order valence-electron chi connectivity index (χ1n) is 7.07. The topological polar surface area (TPSA) is 69.6 Å². The fraction of sp³-hybridized carbons (Fsp3) is 0.333. The lowest BCUT2D eigenvalue weighted by molar-refractivity contribution is 0.321. The minimum Gasteiger partial charge on any atom is -0.360 e. The number of benzene rings is 1. The van der Waals surface area contributed by atoms with Crippen LogP contribution in [0.5, 0.6) is 0 Å². The van der Waals surface area contributed by atoms with Crippen LogP contribution in [0.1, 0.15) is 26.5 Å². The smallest absolute Gasteiger partial charge is 0.210 e. The van der Waals surface area contributed by atoms with Gasteiger partial charge in [-0.2, -0.15) is 0 Å². The second kappa shape index (κ2) is 6.33. The quantitative estimate of drug-likeness (QED) is 0.662. The third-order valence-electron chi connectivity index (χ3n) is 3.12. The summed E-state index contributed by atoms with van der Waals surface area (Å²) in [5.41, 5.74) is 1.59. The fourth-order valence-electron chi connectivity index (χ4n) is 1.96. The van der Waals surface area contributed by atoms with Crippen molar-refractivity contribution in [2.45, 2.75) is 37.2 Å². The Balaban J connectivity index is 1.71. The van der Waals surface area contributed by atoms with Crippen molar-refractivity contribution in [3.05, 3.63) is 41.1 Å². The van der Waals surface area contributed by atoms with Crippen LogP contribution in [0.2, 0.25) is 5.02 Å². The molecule has 0 aliphatic heterocycles. The average Bonchev–Trinajstić information content (AvgIpc) is 3.14. The zero-order chi connectivity index (χ0) is 16.4. The Hall–Kier alpha value is -1.86. The van der Waals surface area contributed by atoms with Crippen molar-refractivity contribution >= 4 is 23.4 Å². The number of thioether (sulfide) groups is 1. The van der Waals surface area contributed by atoms with Gasteiger partial charge in [-0.3, -0.25) is 0 Å². The van der Waals surface area contributed by atoms with Gasteiger partial charge >= 0.3 is 0 Å². The van der Waals surface area contributed by atoms with E-state index < -0.39 is 0 Å². The first-order valence-corrected chi connectivity index (χ1v) is 8.43. The monoisotopic (exact) mass is 349 g/mol. The number of tetrazole rings is 1. The molecular weight excluding hydrogens is 334 g/mol. The van der Waals surface area contributed by atoms with Crippen LogP contribution >= 0.6 is 23.4 Å². The summed E-state index contributed by atoms with van der Waals surface area (Å²) >= 11 is 7.41. The molecule has 2 aromatic heterocycles. The molecule has 0 atom stereocenters. The molecular formula is C15H16ClN5OS. The molecule has 1 aromatic carbocycles. The molecule has 8 heteroatoms. The van der Waals surface area contributed by atoms with Crippen molar-refractivity contribution in [1.29, 1.82) is 0 Å². The summed E-state index contributed by atoms with van der Waals surface area (Å²) in [6.45, 7) is 6.17. The number of rotatable bonds is 4. The third-order valence-corrected chi connectivity index (χ3v) is 4.31. The zero-order valence-corrected chi connectivity index (χ0v) is 14.6. The van der Waals surface area contributed by atoms with Gasteiger partial charge in [-0.25, -0.2) is 4.68 Å². The molecule has 0 radical (unpaired) electrons. The molecule has 2 heterocycles. The Morgan fingerprint density at radius 1 is 1.22 bits per heavy atom. The summed E-state index contributed by atoms with van der Waals surface area (Å²) in [4.78, 5) is 0. The molecule has 0 bridgehead atoms. The van der Waals surface area contributed by atoms with Gasteiger partial charge in [0.15, 0.2) is 0 Å². The minimum atomic E-state index is -0.165. The molecule has 0 aliphatic carbocycles. The van der Waals surface area contributed by atoms with Crippen LogP contribution in [0.25, 0.3) is 11.3 Å². The highest BCUT2D eigenvalue weighted by Gasteiger charge is 2.20. The highest BCUT2D eigenvalue weighted by molar-refractivity contribution is 7.98. The van der Waals surface area contributed by atoms with Gasteiger partial charge in [0.1, 0.15) is 11.5 Å². The molecule has 0 fully saturated rings. The van der Waals surface area contributed by atoms with Crippen LogP contribution in [0, 0.1) is 0 Å². The van der Waals surface area contributed by atoms with E-state index in [2.05, 4.69) is 41.5 Å². The van der Waals surface area contributed by atoms with E-state index in [-0.39, 0.29) is 5.54 Å². The van der Waals surface area contributed by atoms with E-state index in [0.29, 0.717) is 10.8 Å². The summed E-state index contributed by atoms with van der Waals surface area (Å²) in [5, 5.41) is 17.4. The van der Waals surface area contributed by atoms with Crippen molar-refractivity contribution < 1.29 is 4.52 Å². The predicted octanol–water partition coefficient (Wildman–Crippen LogP) is 4.03. The van der Waals surface area contributed by atoms with Gasteiger partial charge in [0.25, 0.3) is 0 Å². The fourth-order valence-corrected chi connectivity index (χ4v) is 3.02. The highest BCUT2D eigenvalue weighted by Crippen LogP contribution is 2.27. The number of halogens is 1. The van der Waals surface area contributed by atoms with Crippen molar-refractivity contribution in [2.24, 2.45) is 0 Å². The summed E-state index contributed by atoms with van der Waals surface area (Å²) < 4.78 is 7.19. The van der Waals surface area contributed by atoms with Crippen LogP contribution in [0.4, 0.5) is 0 Å². The van der Waals surface area contributed by atoms with Crippen LogP contribution < -0.4 is 0 Å². The van der Waals surface area contributed by atoms with Gasteiger partial charge in [-0.05, 0) is 43.3 Å². The maximum Gasteiger partial charge on any atom is 0.210 e. The molecule has 120 valence electrons. The Labute approximate surface area is 143 Å². The Bertz CT molecular complexity index is 791. The van der Waals surface area contributed by atoms with Crippen LogP contribution in [-0.4, -0.2) is 25.4 Å². The standard InChI is InChI=1S/C15H16ClN5OS/c1-15(2,3)21-14(17-19-20-21)23-9-12-8-13(18-22-12)10-4-6-11(16)7-5-10/h4-8H,9H2,1-3H3. The van der Waals surface area contributed by atoms with E-state index in [1.54, 1.807) is 4.68 Å². The Morgan fingerprint density at radius 2 is 1.96 bits per heavy atom. The lowest BCUT2D eigenvalue weighted by Crippen LogP contribution is -2.24. The first-order chi connectivity index (χ1) is 10.9. The van der Waals surface area contributed by atoms with Gasteiger partial charge in [0, 0.05) is 16.7 Å². The van der Waals surface area contributed by atoms with Gasteiger partial charge in [-0.15, -0.1) is 5.10 Å². The molecule has 0 N–H and O–H groups in total. The maximum absolute atomic E-state index is 5.89. The summed E-state index contributed by atoms with van der Waals surface area (Å²) in [6.07, 6.45) is 0. The van der Waals surface area contributed by atoms with Crippen molar-refractivity contribution in [1.82, 2.24) is 25.4 Å². The average molecular weight is 350 g/mol. The summed E-state index contributed by atoms with van der Waals surface area (Å²) in [6, 6.07) is 9.41. The Kier molecular flexibility index (Phi) is 4.41. The van der Waals surface area contributed by atoms with E-state index in [1.165, 1.54) is 11.8 Å². The van der Waals surface area contributed by atoms with Gasteiger partial charge in [0.2, 0.25) is 5.16 Å². The SMILES string of the molecule is CC(C)(C)n1nnnc1SCc1cc(-c2ccc(Cl)cc2)no1. The zero-order valence-electron chi connectivity index (χ0n) is 13.0. The molecule has 0 unspecified atom stereocenters. The van der Waals surface area contributed by atoms with Crippen molar-refractivity contribution in [3.63, 3.8) is 0 Å². The molecule has 0 amide bonds. The molecule has 0 saturated heterocycles. The predicted molar refractivity (Wildman–Crippen MR) is 89.3 cm³/mol. The molecule has 0 spiro atoms. The molecule has 0 saturated carbocycles. The molecule has 23 heavy (non-hydrogen) atoms.